The summed E-state index contributed by atoms with van der Waals surface area (Å²) in [6, 6.07) is 13.5. The van der Waals surface area contributed by atoms with Crippen molar-refractivity contribution in [3.63, 3.8) is 0 Å². The van der Waals surface area contributed by atoms with Crippen LogP contribution in [0.3, 0.4) is 0 Å². The molecule has 0 bridgehead atoms. The Kier molecular flexibility index (Phi) is 5.45. The van der Waals surface area contributed by atoms with E-state index >= 15 is 0 Å². The van der Waals surface area contributed by atoms with Gasteiger partial charge in [-0.15, -0.1) is 0 Å². The molecule has 0 fully saturated rings. The Labute approximate surface area is 195 Å². The van der Waals surface area contributed by atoms with Crippen LogP contribution in [0.2, 0.25) is 0 Å². The van der Waals surface area contributed by atoms with Crippen molar-refractivity contribution < 1.29 is 18.7 Å². The van der Waals surface area contributed by atoms with Gasteiger partial charge in [0.25, 0.3) is 5.91 Å². The van der Waals surface area contributed by atoms with Crippen molar-refractivity contribution >= 4 is 34.1 Å². The second kappa shape index (κ2) is 8.58. The van der Waals surface area contributed by atoms with Gasteiger partial charge in [0, 0.05) is 38.3 Å². The maximum atomic E-state index is 13.9. The van der Waals surface area contributed by atoms with Crippen molar-refractivity contribution in [3.8, 4) is 5.75 Å². The summed E-state index contributed by atoms with van der Waals surface area (Å²) in [5, 5.41) is 12.7. The van der Waals surface area contributed by atoms with Crippen molar-refractivity contribution in [2.45, 2.75) is 13.3 Å². The van der Waals surface area contributed by atoms with Gasteiger partial charge < -0.3 is 19.7 Å². The van der Waals surface area contributed by atoms with Crippen molar-refractivity contribution in [1.29, 1.82) is 0 Å². The summed E-state index contributed by atoms with van der Waals surface area (Å²) in [6.45, 7) is 2.70. The SMILES string of the molecule is CCN1c2ncc(CCOc3cc[n+]([O-])c4ccccc34)cc2C(=O)N(C)c2ccc(F)nc21. The lowest BCUT2D eigenvalue weighted by Gasteiger charge is -2.22. The highest BCUT2D eigenvalue weighted by atomic mass is 19.1. The first kappa shape index (κ1) is 21.6. The van der Waals surface area contributed by atoms with Gasteiger partial charge in [-0.25, -0.2) is 4.98 Å². The number of carbonyl (C=O) groups excluding carboxylic acids is 1. The monoisotopic (exact) mass is 459 g/mol. The van der Waals surface area contributed by atoms with Gasteiger partial charge in [-0.3, -0.25) is 4.79 Å². The number of amides is 1. The number of aromatic nitrogens is 3. The third kappa shape index (κ3) is 3.64. The molecule has 0 radical (unpaired) electrons. The Balaban J connectivity index is 1.42. The molecule has 8 nitrogen and oxygen atoms in total. The van der Waals surface area contributed by atoms with Crippen LogP contribution in [0.15, 0.2) is 60.9 Å². The molecule has 1 aliphatic heterocycles. The maximum absolute atomic E-state index is 13.9. The maximum Gasteiger partial charge on any atom is 0.261 e. The molecule has 4 heterocycles. The number of benzene rings is 1. The van der Waals surface area contributed by atoms with E-state index < -0.39 is 5.95 Å². The first-order valence-electron chi connectivity index (χ1n) is 10.9. The molecule has 34 heavy (non-hydrogen) atoms. The lowest BCUT2D eigenvalue weighted by molar-refractivity contribution is -0.577. The van der Waals surface area contributed by atoms with E-state index in [0.717, 1.165) is 15.7 Å². The largest absolute Gasteiger partial charge is 0.618 e. The predicted octanol–water partition coefficient (Wildman–Crippen LogP) is 3.77. The molecule has 0 atom stereocenters. The number of hydrogen-bond donors (Lipinski definition) is 0. The molecule has 1 aromatic carbocycles. The van der Waals surface area contributed by atoms with Gasteiger partial charge in [0.2, 0.25) is 11.5 Å². The lowest BCUT2D eigenvalue weighted by Crippen LogP contribution is -2.26. The zero-order valence-corrected chi connectivity index (χ0v) is 18.7. The number of anilines is 3. The minimum Gasteiger partial charge on any atom is -0.618 e. The van der Waals surface area contributed by atoms with Gasteiger partial charge in [0.1, 0.15) is 11.6 Å². The Bertz CT molecular complexity index is 1410. The van der Waals surface area contributed by atoms with E-state index in [1.807, 2.05) is 19.1 Å². The van der Waals surface area contributed by atoms with Crippen LogP contribution in [0.5, 0.6) is 5.75 Å². The van der Waals surface area contributed by atoms with Crippen LogP contribution in [0.1, 0.15) is 22.8 Å². The highest BCUT2D eigenvalue weighted by molar-refractivity contribution is 6.12. The summed E-state index contributed by atoms with van der Waals surface area (Å²) in [4.78, 5) is 25.0. The fraction of sp³-hybridized carbons (Fsp3) is 0.200. The topological polar surface area (TPSA) is 85.5 Å². The van der Waals surface area contributed by atoms with Crippen LogP contribution in [-0.4, -0.2) is 36.1 Å². The Morgan fingerprint density at radius 3 is 2.79 bits per heavy atom. The Morgan fingerprint density at radius 2 is 1.97 bits per heavy atom. The fourth-order valence-electron chi connectivity index (χ4n) is 4.16. The highest BCUT2D eigenvalue weighted by Gasteiger charge is 2.31. The number of fused-ring (bicyclic) bond motifs is 3. The van der Waals surface area contributed by atoms with Crippen LogP contribution >= 0.6 is 0 Å². The molecule has 0 N–H and O–H groups in total. The average molecular weight is 459 g/mol. The molecular formula is C25H22FN5O3. The van der Waals surface area contributed by atoms with E-state index in [9.17, 15) is 14.4 Å². The molecule has 0 unspecified atom stereocenters. The normalized spacial score (nSPS) is 13.0. The van der Waals surface area contributed by atoms with Gasteiger partial charge >= 0.3 is 0 Å². The molecule has 4 aromatic rings. The van der Waals surface area contributed by atoms with Gasteiger partial charge in [-0.05, 0) is 36.8 Å². The number of pyridine rings is 3. The Morgan fingerprint density at radius 1 is 1.15 bits per heavy atom. The predicted molar refractivity (Wildman–Crippen MR) is 126 cm³/mol. The second-order valence-corrected chi connectivity index (χ2v) is 7.92. The van der Waals surface area contributed by atoms with E-state index in [4.69, 9.17) is 4.74 Å². The Hall–Kier alpha value is -4.27. The number of rotatable bonds is 5. The molecule has 1 aliphatic rings. The zero-order valence-electron chi connectivity index (χ0n) is 18.7. The smallest absolute Gasteiger partial charge is 0.261 e. The molecular weight excluding hydrogens is 437 g/mol. The number of carbonyl (C=O) groups is 1. The van der Waals surface area contributed by atoms with Gasteiger partial charge in [0.15, 0.2) is 12.0 Å². The first-order chi connectivity index (χ1) is 16.5. The summed E-state index contributed by atoms with van der Waals surface area (Å²) in [5.74, 6) is 0.542. The van der Waals surface area contributed by atoms with Crippen molar-refractivity contribution in [2.24, 2.45) is 0 Å². The molecule has 0 spiro atoms. The standard InChI is InChI=1S/C25H22FN5O3/c1-3-30-23-18(25(32)29(2)20-8-9-22(26)28-24(20)30)14-16(15-27-23)11-13-34-21-10-12-31(33)19-7-5-4-6-17(19)21/h4-10,12,14-15H,3,11,13H2,1-2H3. The number of hydrogen-bond acceptors (Lipinski definition) is 6. The van der Waals surface area contributed by atoms with Gasteiger partial charge in [-0.1, -0.05) is 12.1 Å². The van der Waals surface area contributed by atoms with Crippen LogP contribution in [-0.2, 0) is 6.42 Å². The average Bonchev–Trinajstić information content (AvgIpc) is 2.93. The summed E-state index contributed by atoms with van der Waals surface area (Å²) < 4.78 is 20.7. The number of para-hydroxylation sites is 1. The molecule has 1 amide bonds. The number of halogens is 1. The van der Waals surface area contributed by atoms with E-state index in [1.165, 1.54) is 17.2 Å². The van der Waals surface area contributed by atoms with Crippen molar-refractivity contribution in [3.05, 3.63) is 83.2 Å². The molecule has 0 saturated carbocycles. The highest BCUT2D eigenvalue weighted by Crippen LogP contribution is 2.37. The van der Waals surface area contributed by atoms with Crippen LogP contribution in [0, 0.1) is 11.2 Å². The van der Waals surface area contributed by atoms with Crippen LogP contribution < -0.4 is 19.3 Å². The fourth-order valence-corrected chi connectivity index (χ4v) is 4.16. The summed E-state index contributed by atoms with van der Waals surface area (Å²) in [6.07, 6.45) is 3.62. The summed E-state index contributed by atoms with van der Waals surface area (Å²) in [5.41, 5.74) is 2.28. The lowest BCUT2D eigenvalue weighted by atomic mass is 10.1. The number of ether oxygens (including phenoxy) is 1. The van der Waals surface area contributed by atoms with E-state index in [0.29, 0.717) is 53.7 Å². The molecule has 0 saturated heterocycles. The van der Waals surface area contributed by atoms with Gasteiger partial charge in [0.05, 0.1) is 23.2 Å². The minimum absolute atomic E-state index is 0.245. The molecule has 0 aliphatic carbocycles. The quantitative estimate of drug-likeness (QED) is 0.257. The summed E-state index contributed by atoms with van der Waals surface area (Å²) in [7, 11) is 1.64. The van der Waals surface area contributed by atoms with Gasteiger partial charge in [-0.2, -0.15) is 14.1 Å². The zero-order chi connectivity index (χ0) is 23.8. The van der Waals surface area contributed by atoms with E-state index in [1.54, 1.807) is 48.5 Å². The summed E-state index contributed by atoms with van der Waals surface area (Å²) >= 11 is 0. The molecule has 3 aromatic heterocycles. The van der Waals surface area contributed by atoms with E-state index in [-0.39, 0.29) is 5.91 Å². The third-order valence-electron chi connectivity index (χ3n) is 5.88. The van der Waals surface area contributed by atoms with Crippen LogP contribution in [0.25, 0.3) is 10.9 Å². The van der Waals surface area contributed by atoms with Crippen LogP contribution in [0.4, 0.5) is 21.7 Å². The van der Waals surface area contributed by atoms with Crippen molar-refractivity contribution in [2.75, 3.05) is 30.0 Å². The molecule has 9 heteroatoms. The minimum atomic E-state index is -0.619. The molecule has 172 valence electrons. The number of nitrogens with zero attached hydrogens (tertiary/aromatic N) is 5. The van der Waals surface area contributed by atoms with E-state index in [2.05, 4.69) is 9.97 Å². The van der Waals surface area contributed by atoms with Crippen molar-refractivity contribution in [1.82, 2.24) is 9.97 Å². The second-order valence-electron chi connectivity index (χ2n) is 7.92. The molecule has 5 rings (SSSR count). The first-order valence-corrected chi connectivity index (χ1v) is 10.9. The third-order valence-corrected chi connectivity index (χ3v) is 5.88.